The lowest BCUT2D eigenvalue weighted by Gasteiger charge is -2.08. The largest absolute Gasteiger partial charge is 0.573 e. The van der Waals surface area contributed by atoms with Gasteiger partial charge in [0.25, 0.3) is 0 Å². The second kappa shape index (κ2) is 7.43. The van der Waals surface area contributed by atoms with Crippen LogP contribution >= 0.6 is 22.7 Å². The summed E-state index contributed by atoms with van der Waals surface area (Å²) in [6.45, 7) is 0. The number of hydrogen-bond acceptors (Lipinski definition) is 6. The Morgan fingerprint density at radius 3 is 1.20 bits per heavy atom. The minimum absolute atomic E-state index is 0.331. The van der Waals surface area contributed by atoms with Gasteiger partial charge in [-0.1, -0.05) is 22.7 Å². The molecular formula is C18H8F6N2O2S2. The summed E-state index contributed by atoms with van der Waals surface area (Å²) in [4.78, 5) is 10.1. The van der Waals surface area contributed by atoms with Gasteiger partial charge >= 0.3 is 12.7 Å². The Morgan fingerprint density at radius 2 is 0.900 bits per heavy atom. The van der Waals surface area contributed by atoms with Gasteiger partial charge in [0.15, 0.2) is 9.66 Å². The van der Waals surface area contributed by atoms with E-state index in [0.717, 1.165) is 0 Å². The summed E-state index contributed by atoms with van der Waals surface area (Å²) in [5.74, 6) is -0.661. The highest BCUT2D eigenvalue weighted by atomic mass is 32.1. The van der Waals surface area contributed by atoms with Crippen molar-refractivity contribution in [3.8, 4) is 32.6 Å². The highest BCUT2D eigenvalue weighted by molar-refractivity contribution is 7.29. The molecule has 0 aliphatic heterocycles. The minimum Gasteiger partial charge on any atom is -0.406 e. The van der Waals surface area contributed by atoms with Crippen molar-refractivity contribution in [2.75, 3.05) is 0 Å². The van der Waals surface area contributed by atoms with Gasteiger partial charge in [-0.2, -0.15) is 0 Å². The van der Waals surface area contributed by atoms with Gasteiger partial charge < -0.3 is 9.47 Å². The number of aromatic nitrogens is 2. The van der Waals surface area contributed by atoms with E-state index in [1.54, 1.807) is 0 Å². The second-order valence-electron chi connectivity index (χ2n) is 5.79. The minimum atomic E-state index is -4.76. The standard InChI is InChI=1S/C18H8F6N2O2S2/c19-17(20,21)27-11-5-1-9(2-6-11)13-25-15-16(29-13)26-14(30-15)10-3-7-12(8-4-10)28-18(22,23)24/h1-8H. The Morgan fingerprint density at radius 1 is 0.567 bits per heavy atom. The molecule has 0 unspecified atom stereocenters. The number of fused-ring (bicyclic) bond motifs is 1. The lowest BCUT2D eigenvalue weighted by Crippen LogP contribution is -2.16. The van der Waals surface area contributed by atoms with Gasteiger partial charge in [-0.05, 0) is 48.5 Å². The zero-order chi connectivity index (χ0) is 21.5. The number of nitrogens with zero attached hydrogens (tertiary/aromatic N) is 2. The van der Waals surface area contributed by atoms with Gasteiger partial charge in [0.1, 0.15) is 21.5 Å². The summed E-state index contributed by atoms with van der Waals surface area (Å²) in [5, 5.41) is 1.14. The quantitative estimate of drug-likeness (QED) is 0.310. The molecule has 2 aromatic heterocycles. The molecule has 0 saturated carbocycles. The normalized spacial score (nSPS) is 12.3. The zero-order valence-electron chi connectivity index (χ0n) is 14.4. The van der Waals surface area contributed by atoms with Crippen molar-refractivity contribution in [3.63, 3.8) is 0 Å². The first-order valence-corrected chi connectivity index (χ1v) is 9.69. The molecule has 0 aliphatic rings. The molecule has 30 heavy (non-hydrogen) atoms. The summed E-state index contributed by atoms with van der Waals surface area (Å²) in [6, 6.07) is 10.6. The fourth-order valence-corrected chi connectivity index (χ4v) is 4.54. The Kier molecular flexibility index (Phi) is 5.06. The van der Waals surface area contributed by atoms with Crippen LogP contribution < -0.4 is 9.47 Å². The van der Waals surface area contributed by atoms with Crippen molar-refractivity contribution < 1.29 is 35.8 Å². The number of thiazole rings is 2. The predicted molar refractivity (Wildman–Crippen MR) is 99.5 cm³/mol. The average molecular weight is 462 g/mol. The van der Waals surface area contributed by atoms with Gasteiger partial charge in [-0.15, -0.1) is 26.3 Å². The molecule has 2 heterocycles. The lowest BCUT2D eigenvalue weighted by molar-refractivity contribution is -0.275. The van der Waals surface area contributed by atoms with E-state index >= 15 is 0 Å². The Balaban J connectivity index is 1.53. The molecule has 156 valence electrons. The number of ether oxygens (including phenoxy) is 2. The van der Waals surface area contributed by atoms with Crippen LogP contribution in [0.15, 0.2) is 48.5 Å². The fraction of sp³-hybridized carbons (Fsp3) is 0.111. The van der Waals surface area contributed by atoms with Crippen LogP contribution in [0, 0.1) is 0 Å². The first-order chi connectivity index (χ1) is 14.1. The van der Waals surface area contributed by atoms with Gasteiger partial charge in [-0.25, -0.2) is 9.97 Å². The van der Waals surface area contributed by atoms with Crippen LogP contribution in [0.25, 0.3) is 30.8 Å². The van der Waals surface area contributed by atoms with E-state index in [0.29, 0.717) is 30.8 Å². The van der Waals surface area contributed by atoms with E-state index in [4.69, 9.17) is 0 Å². The molecule has 0 amide bonds. The molecule has 12 heteroatoms. The maximum Gasteiger partial charge on any atom is 0.573 e. The first kappa shape index (κ1) is 20.4. The Hall–Kier alpha value is -2.86. The van der Waals surface area contributed by atoms with Gasteiger partial charge in [-0.3, -0.25) is 0 Å². The molecule has 0 N–H and O–H groups in total. The van der Waals surface area contributed by atoms with Crippen LogP contribution in [0.5, 0.6) is 11.5 Å². The number of rotatable bonds is 4. The fourth-order valence-electron chi connectivity index (χ4n) is 2.49. The van der Waals surface area contributed by atoms with Crippen LogP contribution in [-0.4, -0.2) is 22.7 Å². The summed E-state index contributed by atoms with van der Waals surface area (Å²) in [7, 11) is 0. The number of alkyl halides is 6. The highest BCUT2D eigenvalue weighted by Crippen LogP contribution is 2.37. The van der Waals surface area contributed by atoms with Crippen LogP contribution in [-0.2, 0) is 0 Å². The molecule has 4 nitrogen and oxygen atoms in total. The summed E-state index contributed by atoms with van der Waals surface area (Å²) < 4.78 is 81.1. The highest BCUT2D eigenvalue weighted by Gasteiger charge is 2.31. The molecular weight excluding hydrogens is 454 g/mol. The van der Waals surface area contributed by atoms with E-state index < -0.39 is 12.7 Å². The molecule has 0 bridgehead atoms. The third kappa shape index (κ3) is 4.82. The average Bonchev–Trinajstić information content (AvgIpc) is 3.19. The molecule has 0 spiro atoms. The number of halogens is 6. The van der Waals surface area contributed by atoms with E-state index in [9.17, 15) is 26.3 Å². The number of benzene rings is 2. The van der Waals surface area contributed by atoms with Crippen LogP contribution in [0.1, 0.15) is 0 Å². The van der Waals surface area contributed by atoms with Crippen molar-refractivity contribution in [3.05, 3.63) is 48.5 Å². The monoisotopic (exact) mass is 462 g/mol. The van der Waals surface area contributed by atoms with E-state index in [1.165, 1.54) is 71.2 Å². The van der Waals surface area contributed by atoms with Crippen molar-refractivity contribution in [1.29, 1.82) is 0 Å². The molecule has 0 saturated heterocycles. The molecule has 0 aliphatic carbocycles. The van der Waals surface area contributed by atoms with Crippen LogP contribution in [0.4, 0.5) is 26.3 Å². The molecule has 4 aromatic rings. The van der Waals surface area contributed by atoms with Crippen molar-refractivity contribution in [2.45, 2.75) is 12.7 Å². The van der Waals surface area contributed by atoms with Gasteiger partial charge in [0.05, 0.1) is 0 Å². The second-order valence-corrected chi connectivity index (χ2v) is 7.75. The van der Waals surface area contributed by atoms with E-state index in [2.05, 4.69) is 19.4 Å². The SMILES string of the molecule is FC(F)(F)Oc1ccc(-c2nc3sc(-c4ccc(OC(F)(F)F)cc4)nc3s2)cc1. The maximum absolute atomic E-state index is 12.2. The van der Waals surface area contributed by atoms with E-state index in [1.807, 2.05) is 0 Å². The Labute approximate surface area is 172 Å². The maximum atomic E-state index is 12.2. The predicted octanol–water partition coefficient (Wildman–Crippen LogP) is 6.88. The van der Waals surface area contributed by atoms with Crippen molar-refractivity contribution >= 4 is 32.3 Å². The molecule has 4 rings (SSSR count). The molecule has 0 fully saturated rings. The topological polar surface area (TPSA) is 44.2 Å². The van der Waals surface area contributed by atoms with E-state index in [-0.39, 0.29) is 11.5 Å². The summed E-state index contributed by atoms with van der Waals surface area (Å²) >= 11 is 2.50. The smallest absolute Gasteiger partial charge is 0.406 e. The molecule has 0 atom stereocenters. The van der Waals surface area contributed by atoms with Gasteiger partial charge in [0, 0.05) is 11.1 Å². The van der Waals surface area contributed by atoms with Crippen LogP contribution in [0.2, 0.25) is 0 Å². The van der Waals surface area contributed by atoms with Gasteiger partial charge in [0.2, 0.25) is 0 Å². The third-order valence-corrected chi connectivity index (χ3v) is 5.77. The van der Waals surface area contributed by atoms with Crippen molar-refractivity contribution in [2.24, 2.45) is 0 Å². The zero-order valence-corrected chi connectivity index (χ0v) is 16.0. The summed E-state index contributed by atoms with van der Waals surface area (Å²) in [6.07, 6.45) is -9.52. The molecule has 0 radical (unpaired) electrons. The summed E-state index contributed by atoms with van der Waals surface area (Å²) in [5.41, 5.74) is 1.21. The molecule has 2 aromatic carbocycles. The van der Waals surface area contributed by atoms with Crippen molar-refractivity contribution in [1.82, 2.24) is 9.97 Å². The third-order valence-electron chi connectivity index (χ3n) is 3.65. The lowest BCUT2D eigenvalue weighted by atomic mass is 10.2. The Bertz CT molecular complexity index is 1040. The number of hydrogen-bond donors (Lipinski definition) is 0. The van der Waals surface area contributed by atoms with Crippen LogP contribution in [0.3, 0.4) is 0 Å². The first-order valence-electron chi connectivity index (χ1n) is 8.05.